The van der Waals surface area contributed by atoms with Gasteiger partial charge in [0.05, 0.1) is 31.2 Å². The van der Waals surface area contributed by atoms with Crippen molar-refractivity contribution in [1.29, 1.82) is 0 Å². The molecule has 154 valence electrons. The first-order chi connectivity index (χ1) is 13.8. The Kier molecular flexibility index (Phi) is 6.27. The molecule has 6 nitrogen and oxygen atoms in total. The zero-order valence-corrected chi connectivity index (χ0v) is 17.1. The minimum absolute atomic E-state index is 0.0646. The number of amides is 2. The first-order valence-corrected chi connectivity index (χ1v) is 9.49. The van der Waals surface area contributed by atoms with E-state index >= 15 is 0 Å². The summed E-state index contributed by atoms with van der Waals surface area (Å²) in [6.07, 6.45) is 0.0828. The van der Waals surface area contributed by atoms with Gasteiger partial charge in [-0.15, -0.1) is 0 Å². The number of nitrogens with zero attached hydrogens (tertiary/aromatic N) is 1. The second-order valence-corrected chi connectivity index (χ2v) is 7.26. The maximum absolute atomic E-state index is 13.4. The van der Waals surface area contributed by atoms with Crippen molar-refractivity contribution < 1.29 is 23.5 Å². The molecule has 1 aliphatic heterocycles. The first kappa shape index (κ1) is 20.9. The van der Waals surface area contributed by atoms with Gasteiger partial charge in [-0.25, -0.2) is 4.39 Å². The monoisotopic (exact) mass is 420 g/mol. The van der Waals surface area contributed by atoms with Crippen LogP contribution in [-0.2, 0) is 9.59 Å². The molecule has 0 bridgehead atoms. The highest BCUT2D eigenvalue weighted by molar-refractivity contribution is 6.31. The summed E-state index contributed by atoms with van der Waals surface area (Å²) in [5.74, 6) is -0.316. The zero-order chi connectivity index (χ0) is 21.1. The zero-order valence-electron chi connectivity index (χ0n) is 16.4. The van der Waals surface area contributed by atoms with E-state index in [1.54, 1.807) is 26.4 Å². The molecule has 8 heteroatoms. The third kappa shape index (κ3) is 4.45. The number of methoxy groups -OCH3 is 2. The van der Waals surface area contributed by atoms with Crippen LogP contribution < -0.4 is 19.7 Å². The van der Waals surface area contributed by atoms with E-state index < -0.39 is 11.7 Å². The van der Waals surface area contributed by atoms with Crippen LogP contribution in [0.1, 0.15) is 24.9 Å². The Balaban J connectivity index is 1.68. The van der Waals surface area contributed by atoms with E-state index in [1.807, 2.05) is 13.0 Å². The molecule has 0 radical (unpaired) electrons. The molecular formula is C21H22ClFN2O4. The van der Waals surface area contributed by atoms with Gasteiger partial charge in [-0.2, -0.15) is 0 Å². The van der Waals surface area contributed by atoms with Gasteiger partial charge in [0.15, 0.2) is 11.5 Å². The summed E-state index contributed by atoms with van der Waals surface area (Å²) in [7, 11) is 3.10. The quantitative estimate of drug-likeness (QED) is 0.773. The highest BCUT2D eigenvalue weighted by atomic mass is 35.5. The van der Waals surface area contributed by atoms with Gasteiger partial charge in [0.25, 0.3) is 0 Å². The van der Waals surface area contributed by atoms with Crippen molar-refractivity contribution >= 4 is 29.1 Å². The molecule has 0 spiro atoms. The summed E-state index contributed by atoms with van der Waals surface area (Å²) < 4.78 is 23.9. The number of carbonyl (C=O) groups is 2. The molecule has 0 unspecified atom stereocenters. The molecule has 3 rings (SSSR count). The highest BCUT2D eigenvalue weighted by Gasteiger charge is 2.35. The van der Waals surface area contributed by atoms with Crippen molar-refractivity contribution in [3.8, 4) is 11.5 Å². The minimum atomic E-state index is -0.555. The smallest absolute Gasteiger partial charge is 0.227 e. The van der Waals surface area contributed by atoms with E-state index in [4.69, 9.17) is 21.1 Å². The second-order valence-electron chi connectivity index (χ2n) is 6.85. The van der Waals surface area contributed by atoms with E-state index in [0.717, 1.165) is 5.56 Å². The van der Waals surface area contributed by atoms with Crippen LogP contribution in [0.25, 0.3) is 0 Å². The van der Waals surface area contributed by atoms with Crippen molar-refractivity contribution in [2.24, 2.45) is 5.92 Å². The molecule has 1 fully saturated rings. The summed E-state index contributed by atoms with van der Waals surface area (Å²) >= 11 is 5.81. The molecule has 2 amide bonds. The van der Waals surface area contributed by atoms with Crippen molar-refractivity contribution in [2.45, 2.75) is 19.4 Å². The Morgan fingerprint density at radius 2 is 1.93 bits per heavy atom. The second kappa shape index (κ2) is 8.69. The number of carbonyl (C=O) groups excluding carboxylic acids is 2. The Hall–Kier alpha value is -2.80. The Bertz CT molecular complexity index is 937. The normalized spacial score (nSPS) is 17.2. The average molecular weight is 421 g/mol. The van der Waals surface area contributed by atoms with Gasteiger partial charge in [0, 0.05) is 18.7 Å². The molecule has 0 aliphatic carbocycles. The molecule has 0 aromatic heterocycles. The molecule has 1 aliphatic rings. The van der Waals surface area contributed by atoms with Crippen molar-refractivity contribution in [1.82, 2.24) is 5.32 Å². The van der Waals surface area contributed by atoms with Crippen molar-refractivity contribution in [3.63, 3.8) is 0 Å². The van der Waals surface area contributed by atoms with E-state index in [2.05, 4.69) is 5.32 Å². The van der Waals surface area contributed by atoms with Crippen LogP contribution in [0.2, 0.25) is 5.02 Å². The number of halogens is 2. The molecule has 2 atom stereocenters. The summed E-state index contributed by atoms with van der Waals surface area (Å²) in [4.78, 5) is 26.5. The lowest BCUT2D eigenvalue weighted by Gasteiger charge is -2.20. The van der Waals surface area contributed by atoms with E-state index in [0.29, 0.717) is 17.2 Å². The Labute approximate surface area is 173 Å². The third-order valence-electron chi connectivity index (χ3n) is 4.98. The topological polar surface area (TPSA) is 67.9 Å². The number of anilines is 1. The summed E-state index contributed by atoms with van der Waals surface area (Å²) in [5, 5.41) is 2.88. The van der Waals surface area contributed by atoms with Crippen LogP contribution in [0.4, 0.5) is 10.1 Å². The highest BCUT2D eigenvalue weighted by Crippen LogP contribution is 2.31. The van der Waals surface area contributed by atoms with Gasteiger partial charge in [-0.05, 0) is 42.8 Å². The van der Waals surface area contributed by atoms with Gasteiger partial charge >= 0.3 is 0 Å². The number of hydrogen-bond donors (Lipinski definition) is 1. The van der Waals surface area contributed by atoms with Crippen LogP contribution >= 0.6 is 11.6 Å². The number of hydrogen-bond acceptors (Lipinski definition) is 4. The lowest BCUT2D eigenvalue weighted by atomic mass is 10.0. The SMILES string of the molecule is COc1ccc([C@@H](C)NC(=O)[C@@H]2CC(=O)N(c3ccc(F)c(Cl)c3)C2)cc1OC. The van der Waals surface area contributed by atoms with Crippen LogP contribution in [0.3, 0.4) is 0 Å². The Morgan fingerprint density at radius 1 is 1.21 bits per heavy atom. The van der Waals surface area contributed by atoms with E-state index in [1.165, 1.54) is 23.1 Å². The largest absolute Gasteiger partial charge is 0.493 e. The van der Waals surface area contributed by atoms with Gasteiger partial charge in [0.1, 0.15) is 5.82 Å². The molecule has 2 aromatic carbocycles. The predicted molar refractivity (Wildman–Crippen MR) is 108 cm³/mol. The lowest BCUT2D eigenvalue weighted by molar-refractivity contribution is -0.126. The fraction of sp³-hybridized carbons (Fsp3) is 0.333. The molecule has 1 N–H and O–H groups in total. The van der Waals surface area contributed by atoms with Gasteiger partial charge < -0.3 is 19.7 Å². The van der Waals surface area contributed by atoms with Crippen LogP contribution in [0.5, 0.6) is 11.5 Å². The van der Waals surface area contributed by atoms with Gasteiger partial charge in [-0.3, -0.25) is 9.59 Å². The molecule has 1 heterocycles. The van der Waals surface area contributed by atoms with Gasteiger partial charge in [0.2, 0.25) is 11.8 Å². The molecular weight excluding hydrogens is 399 g/mol. The van der Waals surface area contributed by atoms with Gasteiger partial charge in [-0.1, -0.05) is 17.7 Å². The summed E-state index contributed by atoms with van der Waals surface area (Å²) in [5.41, 5.74) is 1.33. The maximum atomic E-state index is 13.4. The van der Waals surface area contributed by atoms with Crippen molar-refractivity contribution in [3.05, 3.63) is 52.8 Å². The summed E-state index contributed by atoms with van der Waals surface area (Å²) in [6.45, 7) is 2.07. The molecule has 29 heavy (non-hydrogen) atoms. The molecule has 1 saturated heterocycles. The van der Waals surface area contributed by atoms with Crippen LogP contribution in [0.15, 0.2) is 36.4 Å². The lowest BCUT2D eigenvalue weighted by Crippen LogP contribution is -2.34. The van der Waals surface area contributed by atoms with Crippen LogP contribution in [0, 0.1) is 11.7 Å². The number of nitrogens with one attached hydrogen (secondary N) is 1. The fourth-order valence-corrected chi connectivity index (χ4v) is 3.50. The number of benzene rings is 2. The average Bonchev–Trinajstić information content (AvgIpc) is 3.11. The maximum Gasteiger partial charge on any atom is 0.227 e. The number of rotatable bonds is 6. The van der Waals surface area contributed by atoms with E-state index in [9.17, 15) is 14.0 Å². The Morgan fingerprint density at radius 3 is 2.59 bits per heavy atom. The van der Waals surface area contributed by atoms with Crippen LogP contribution in [-0.4, -0.2) is 32.6 Å². The molecule has 0 saturated carbocycles. The minimum Gasteiger partial charge on any atom is -0.493 e. The van der Waals surface area contributed by atoms with Crippen molar-refractivity contribution in [2.75, 3.05) is 25.7 Å². The number of ether oxygens (including phenoxy) is 2. The molecule has 2 aromatic rings. The first-order valence-electron chi connectivity index (χ1n) is 9.11. The standard InChI is InChI=1S/C21H22ClFN2O4/c1-12(13-4-7-18(28-2)19(8-13)29-3)24-21(27)14-9-20(26)25(11-14)15-5-6-17(23)16(22)10-15/h4-8,10,12,14H,9,11H2,1-3H3,(H,24,27)/t12-,14-/m1/s1. The van der Waals surface area contributed by atoms with E-state index in [-0.39, 0.29) is 35.8 Å². The summed E-state index contributed by atoms with van der Waals surface area (Å²) in [6, 6.07) is 9.21. The third-order valence-corrected chi connectivity index (χ3v) is 5.27. The fourth-order valence-electron chi connectivity index (χ4n) is 3.32. The predicted octanol–water partition coefficient (Wildman–Crippen LogP) is 3.73.